The highest BCUT2D eigenvalue weighted by atomic mass is 35.5. The molecule has 142 valence electrons. The number of halogens is 1. The zero-order valence-corrected chi connectivity index (χ0v) is 15.7. The molecular formula is C20H18ClN5O2. The van der Waals surface area contributed by atoms with Crippen LogP contribution in [0.15, 0.2) is 61.1 Å². The molecule has 1 saturated heterocycles. The topological polar surface area (TPSA) is 80.1 Å². The van der Waals surface area contributed by atoms with Gasteiger partial charge in [-0.1, -0.05) is 11.6 Å². The SMILES string of the molecule is O=C(NCc1ccnc(-n2cccn2)c1)C1CC(=O)N(c2ccc(Cl)cc2)C1. The third kappa shape index (κ3) is 3.89. The van der Waals surface area contributed by atoms with E-state index in [1.54, 1.807) is 52.4 Å². The maximum Gasteiger partial charge on any atom is 0.227 e. The zero-order valence-electron chi connectivity index (χ0n) is 15.0. The van der Waals surface area contributed by atoms with Crippen molar-refractivity contribution in [3.8, 4) is 5.82 Å². The molecule has 7 nitrogen and oxygen atoms in total. The summed E-state index contributed by atoms with van der Waals surface area (Å²) in [4.78, 5) is 30.8. The van der Waals surface area contributed by atoms with Crippen molar-refractivity contribution in [1.29, 1.82) is 0 Å². The van der Waals surface area contributed by atoms with E-state index in [9.17, 15) is 9.59 Å². The van der Waals surface area contributed by atoms with E-state index < -0.39 is 0 Å². The molecule has 1 aliphatic rings. The van der Waals surface area contributed by atoms with Crippen molar-refractivity contribution in [3.63, 3.8) is 0 Å². The molecule has 3 aromatic rings. The fourth-order valence-corrected chi connectivity index (χ4v) is 3.31. The summed E-state index contributed by atoms with van der Waals surface area (Å²) >= 11 is 5.90. The molecule has 0 spiro atoms. The van der Waals surface area contributed by atoms with Crippen molar-refractivity contribution >= 4 is 29.1 Å². The molecule has 1 fully saturated rings. The molecule has 0 bridgehead atoms. The smallest absolute Gasteiger partial charge is 0.227 e. The van der Waals surface area contributed by atoms with Crippen LogP contribution >= 0.6 is 11.6 Å². The number of benzene rings is 1. The van der Waals surface area contributed by atoms with Gasteiger partial charge < -0.3 is 10.2 Å². The molecule has 2 amide bonds. The lowest BCUT2D eigenvalue weighted by Crippen LogP contribution is -2.32. The highest BCUT2D eigenvalue weighted by Crippen LogP contribution is 2.26. The van der Waals surface area contributed by atoms with E-state index in [0.29, 0.717) is 23.9 Å². The largest absolute Gasteiger partial charge is 0.352 e. The van der Waals surface area contributed by atoms with E-state index in [2.05, 4.69) is 15.4 Å². The predicted molar refractivity (Wildman–Crippen MR) is 105 cm³/mol. The lowest BCUT2D eigenvalue weighted by atomic mass is 10.1. The van der Waals surface area contributed by atoms with Crippen molar-refractivity contribution in [1.82, 2.24) is 20.1 Å². The molecular weight excluding hydrogens is 378 g/mol. The number of rotatable bonds is 5. The molecule has 4 rings (SSSR count). The van der Waals surface area contributed by atoms with E-state index in [1.807, 2.05) is 18.2 Å². The van der Waals surface area contributed by atoms with Crippen LogP contribution in [0.25, 0.3) is 5.82 Å². The molecule has 8 heteroatoms. The molecule has 1 N–H and O–H groups in total. The van der Waals surface area contributed by atoms with Crippen LogP contribution in [0.5, 0.6) is 0 Å². The molecule has 1 aliphatic heterocycles. The molecule has 1 atom stereocenters. The number of carbonyl (C=O) groups is 2. The third-order valence-electron chi connectivity index (χ3n) is 4.65. The first-order valence-corrected chi connectivity index (χ1v) is 9.26. The number of pyridine rings is 1. The lowest BCUT2D eigenvalue weighted by molar-refractivity contribution is -0.126. The number of nitrogens with zero attached hydrogens (tertiary/aromatic N) is 4. The van der Waals surface area contributed by atoms with Gasteiger partial charge in [0.05, 0.1) is 5.92 Å². The van der Waals surface area contributed by atoms with Crippen LogP contribution in [0, 0.1) is 5.92 Å². The van der Waals surface area contributed by atoms with Crippen LogP contribution in [0.4, 0.5) is 5.69 Å². The minimum Gasteiger partial charge on any atom is -0.352 e. The molecule has 1 unspecified atom stereocenters. The Bertz CT molecular complexity index is 988. The van der Waals surface area contributed by atoms with Gasteiger partial charge in [-0.2, -0.15) is 5.10 Å². The summed E-state index contributed by atoms with van der Waals surface area (Å²) in [5.41, 5.74) is 1.66. The summed E-state index contributed by atoms with van der Waals surface area (Å²) in [5, 5.41) is 7.68. The summed E-state index contributed by atoms with van der Waals surface area (Å²) in [6.07, 6.45) is 5.36. The molecule has 1 aromatic carbocycles. The number of hydrogen-bond donors (Lipinski definition) is 1. The number of nitrogens with one attached hydrogen (secondary N) is 1. The first-order chi connectivity index (χ1) is 13.6. The Labute approximate surface area is 166 Å². The Morgan fingerprint density at radius 3 is 2.79 bits per heavy atom. The van der Waals surface area contributed by atoms with E-state index in [1.165, 1.54) is 0 Å². The second-order valence-electron chi connectivity index (χ2n) is 6.57. The molecule has 3 heterocycles. The van der Waals surface area contributed by atoms with Gasteiger partial charge in [0, 0.05) is 48.8 Å². The minimum atomic E-state index is -0.379. The summed E-state index contributed by atoms with van der Waals surface area (Å²) < 4.78 is 1.66. The molecule has 0 saturated carbocycles. The quantitative estimate of drug-likeness (QED) is 0.720. The maximum atomic E-state index is 12.6. The van der Waals surface area contributed by atoms with Crippen molar-refractivity contribution < 1.29 is 9.59 Å². The van der Waals surface area contributed by atoms with E-state index in [-0.39, 0.29) is 24.2 Å². The Kier molecular flexibility index (Phi) is 5.08. The number of amides is 2. The summed E-state index contributed by atoms with van der Waals surface area (Å²) in [7, 11) is 0. The second-order valence-corrected chi connectivity index (χ2v) is 7.01. The fraction of sp³-hybridized carbons (Fsp3) is 0.200. The van der Waals surface area contributed by atoms with Crippen LogP contribution in [0.1, 0.15) is 12.0 Å². The zero-order chi connectivity index (χ0) is 19.5. The van der Waals surface area contributed by atoms with Crippen LogP contribution in [0.2, 0.25) is 5.02 Å². The van der Waals surface area contributed by atoms with Crippen LogP contribution in [0.3, 0.4) is 0 Å². The molecule has 0 radical (unpaired) electrons. The summed E-state index contributed by atoms with van der Waals surface area (Å²) in [6, 6.07) is 12.6. The predicted octanol–water partition coefficient (Wildman–Crippen LogP) is 2.59. The van der Waals surface area contributed by atoms with E-state index in [0.717, 1.165) is 11.3 Å². The van der Waals surface area contributed by atoms with Gasteiger partial charge in [0.2, 0.25) is 11.8 Å². The number of carbonyl (C=O) groups excluding carboxylic acids is 2. The van der Waals surface area contributed by atoms with Gasteiger partial charge in [0.1, 0.15) is 0 Å². The van der Waals surface area contributed by atoms with Gasteiger partial charge >= 0.3 is 0 Å². The average molecular weight is 396 g/mol. The maximum absolute atomic E-state index is 12.6. The van der Waals surface area contributed by atoms with Crippen LogP contribution < -0.4 is 10.2 Å². The lowest BCUT2D eigenvalue weighted by Gasteiger charge is -2.16. The Hall–Kier alpha value is -3.19. The van der Waals surface area contributed by atoms with E-state index in [4.69, 9.17) is 11.6 Å². The number of anilines is 1. The van der Waals surface area contributed by atoms with Crippen molar-refractivity contribution in [2.75, 3.05) is 11.4 Å². The van der Waals surface area contributed by atoms with Crippen molar-refractivity contribution in [3.05, 3.63) is 71.6 Å². The Morgan fingerprint density at radius 1 is 1.21 bits per heavy atom. The van der Waals surface area contributed by atoms with Gasteiger partial charge in [0.25, 0.3) is 0 Å². The standard InChI is InChI=1S/C20H18ClN5O2/c21-16-2-4-17(5-3-16)25-13-15(11-19(25)27)20(28)23-12-14-6-8-22-18(10-14)26-9-1-7-24-26/h1-10,15H,11-13H2,(H,23,28). The Morgan fingerprint density at radius 2 is 2.04 bits per heavy atom. The highest BCUT2D eigenvalue weighted by Gasteiger charge is 2.34. The first kappa shape index (κ1) is 18.2. The average Bonchev–Trinajstić information content (AvgIpc) is 3.37. The summed E-state index contributed by atoms with van der Waals surface area (Å²) in [6.45, 7) is 0.725. The van der Waals surface area contributed by atoms with Crippen LogP contribution in [-0.2, 0) is 16.1 Å². The Balaban J connectivity index is 1.37. The normalized spacial score (nSPS) is 16.4. The van der Waals surface area contributed by atoms with Gasteiger partial charge in [-0.15, -0.1) is 0 Å². The highest BCUT2D eigenvalue weighted by molar-refractivity contribution is 6.30. The van der Waals surface area contributed by atoms with Gasteiger partial charge in [-0.25, -0.2) is 9.67 Å². The summed E-state index contributed by atoms with van der Waals surface area (Å²) in [5.74, 6) is 0.104. The van der Waals surface area contributed by atoms with Gasteiger partial charge in [0.15, 0.2) is 5.82 Å². The van der Waals surface area contributed by atoms with Crippen LogP contribution in [-0.4, -0.2) is 33.1 Å². The monoisotopic (exact) mass is 395 g/mol. The minimum absolute atomic E-state index is 0.0626. The van der Waals surface area contributed by atoms with Gasteiger partial charge in [-0.05, 0) is 48.0 Å². The van der Waals surface area contributed by atoms with Crippen molar-refractivity contribution in [2.45, 2.75) is 13.0 Å². The number of aromatic nitrogens is 3. The first-order valence-electron chi connectivity index (χ1n) is 8.89. The van der Waals surface area contributed by atoms with Crippen molar-refractivity contribution in [2.24, 2.45) is 5.92 Å². The van der Waals surface area contributed by atoms with Gasteiger partial charge in [-0.3, -0.25) is 9.59 Å². The fourth-order valence-electron chi connectivity index (χ4n) is 3.19. The molecule has 28 heavy (non-hydrogen) atoms. The molecule has 2 aromatic heterocycles. The molecule has 0 aliphatic carbocycles. The third-order valence-corrected chi connectivity index (χ3v) is 4.90. The number of hydrogen-bond acceptors (Lipinski definition) is 4. The second kappa shape index (κ2) is 7.82. The van der Waals surface area contributed by atoms with E-state index >= 15 is 0 Å².